The van der Waals surface area contributed by atoms with Gasteiger partial charge in [-0.3, -0.25) is 0 Å². The molecule has 2 aliphatic heterocycles. The second-order valence-corrected chi connectivity index (χ2v) is 7.37. The van der Waals surface area contributed by atoms with Gasteiger partial charge in [0.15, 0.2) is 5.79 Å². The van der Waals surface area contributed by atoms with E-state index in [0.29, 0.717) is 6.10 Å². The lowest BCUT2D eigenvalue weighted by atomic mass is 9.78. The number of hydrogen-bond acceptors (Lipinski definition) is 3. The van der Waals surface area contributed by atoms with Gasteiger partial charge in [0.2, 0.25) is 0 Å². The van der Waals surface area contributed by atoms with Crippen LogP contribution in [-0.2, 0) is 9.47 Å². The van der Waals surface area contributed by atoms with E-state index < -0.39 is 0 Å². The van der Waals surface area contributed by atoms with Gasteiger partial charge >= 0.3 is 0 Å². The van der Waals surface area contributed by atoms with Gasteiger partial charge in [-0.2, -0.15) is 0 Å². The maximum atomic E-state index is 6.39. The van der Waals surface area contributed by atoms with Crippen LogP contribution >= 0.6 is 0 Å². The normalized spacial score (nSPS) is 43.8. The summed E-state index contributed by atoms with van der Waals surface area (Å²) in [5.41, 5.74) is 0. The fourth-order valence-corrected chi connectivity index (χ4v) is 4.08. The highest BCUT2D eigenvalue weighted by molar-refractivity contribution is 4.88. The molecular weight excluding hydrogens is 250 g/mol. The Morgan fingerprint density at radius 2 is 1.80 bits per heavy atom. The summed E-state index contributed by atoms with van der Waals surface area (Å²) in [5.74, 6) is 1.31. The summed E-state index contributed by atoms with van der Waals surface area (Å²) in [4.78, 5) is 2.59. The van der Waals surface area contributed by atoms with E-state index in [1.54, 1.807) is 0 Å². The van der Waals surface area contributed by atoms with Crippen molar-refractivity contribution in [3.63, 3.8) is 0 Å². The maximum absolute atomic E-state index is 6.39. The van der Waals surface area contributed by atoms with Crippen molar-refractivity contribution in [1.29, 1.82) is 0 Å². The number of nitrogens with zero attached hydrogens (tertiary/aromatic N) is 1. The largest absolute Gasteiger partial charge is 0.347 e. The van der Waals surface area contributed by atoms with Crippen LogP contribution in [0, 0.1) is 11.8 Å². The molecule has 2 heterocycles. The number of rotatable bonds is 2. The van der Waals surface area contributed by atoms with Gasteiger partial charge in [0.25, 0.3) is 0 Å². The lowest BCUT2D eigenvalue weighted by Gasteiger charge is -2.39. The first kappa shape index (κ1) is 14.8. The molecule has 1 spiro atoms. The van der Waals surface area contributed by atoms with E-state index in [9.17, 15) is 0 Å². The first-order chi connectivity index (χ1) is 9.67. The van der Waals surface area contributed by atoms with Gasteiger partial charge in [0, 0.05) is 19.4 Å². The molecule has 2 saturated heterocycles. The standard InChI is InChI=1S/C17H31NO2/c1-14-7-8-17(11-15(14)2)19-13-16(20-17)12-18-9-5-3-4-6-10-18/h14-16H,3-13H2,1-2H3. The van der Waals surface area contributed by atoms with Crippen LogP contribution in [0.25, 0.3) is 0 Å². The van der Waals surface area contributed by atoms with Gasteiger partial charge in [0.05, 0.1) is 12.7 Å². The second-order valence-electron chi connectivity index (χ2n) is 7.37. The van der Waals surface area contributed by atoms with Crippen LogP contribution in [0.5, 0.6) is 0 Å². The molecule has 4 atom stereocenters. The van der Waals surface area contributed by atoms with Gasteiger partial charge in [-0.15, -0.1) is 0 Å². The minimum atomic E-state index is -0.234. The monoisotopic (exact) mass is 281 g/mol. The van der Waals surface area contributed by atoms with Gasteiger partial charge in [-0.25, -0.2) is 0 Å². The van der Waals surface area contributed by atoms with Crippen molar-refractivity contribution in [2.45, 2.75) is 70.7 Å². The van der Waals surface area contributed by atoms with Gasteiger partial charge in [-0.1, -0.05) is 26.7 Å². The summed E-state index contributed by atoms with van der Waals surface area (Å²) >= 11 is 0. The molecule has 0 bridgehead atoms. The number of likely N-dealkylation sites (tertiary alicyclic amines) is 1. The highest BCUT2D eigenvalue weighted by atomic mass is 16.7. The molecule has 0 radical (unpaired) electrons. The predicted molar refractivity (Wildman–Crippen MR) is 80.6 cm³/mol. The third kappa shape index (κ3) is 3.37. The summed E-state index contributed by atoms with van der Waals surface area (Å²) in [6.07, 6.45) is 9.24. The van der Waals surface area contributed by atoms with E-state index >= 15 is 0 Å². The number of ether oxygens (including phenoxy) is 2. The number of hydrogen-bond donors (Lipinski definition) is 0. The predicted octanol–water partition coefficient (Wildman–Crippen LogP) is 3.43. The molecule has 3 aliphatic rings. The lowest BCUT2D eigenvalue weighted by Crippen LogP contribution is -2.41. The molecule has 4 unspecified atom stereocenters. The van der Waals surface area contributed by atoms with Crippen molar-refractivity contribution in [1.82, 2.24) is 4.90 Å². The lowest BCUT2D eigenvalue weighted by molar-refractivity contribution is -0.202. The van der Waals surface area contributed by atoms with Crippen molar-refractivity contribution in [3.8, 4) is 0 Å². The Balaban J connectivity index is 1.51. The van der Waals surface area contributed by atoms with Crippen LogP contribution in [-0.4, -0.2) is 43.0 Å². The van der Waals surface area contributed by atoms with E-state index in [1.807, 2.05) is 0 Å². The molecule has 0 N–H and O–H groups in total. The first-order valence-electron chi connectivity index (χ1n) is 8.71. The molecule has 3 heteroatoms. The second kappa shape index (κ2) is 6.33. The van der Waals surface area contributed by atoms with Gasteiger partial charge in [-0.05, 0) is 44.2 Å². The summed E-state index contributed by atoms with van der Waals surface area (Å²) < 4.78 is 12.5. The van der Waals surface area contributed by atoms with Crippen LogP contribution in [0.4, 0.5) is 0 Å². The molecular formula is C17H31NO2. The third-order valence-corrected chi connectivity index (χ3v) is 5.66. The molecule has 0 aromatic heterocycles. The van der Waals surface area contributed by atoms with Crippen LogP contribution in [0.1, 0.15) is 58.8 Å². The summed E-state index contributed by atoms with van der Waals surface area (Å²) in [5, 5.41) is 0. The molecule has 116 valence electrons. The highest BCUT2D eigenvalue weighted by Gasteiger charge is 2.46. The average molecular weight is 281 g/mol. The molecule has 20 heavy (non-hydrogen) atoms. The zero-order valence-corrected chi connectivity index (χ0v) is 13.3. The van der Waals surface area contributed by atoms with Crippen molar-refractivity contribution in [3.05, 3.63) is 0 Å². The SMILES string of the molecule is CC1CCC2(CC1C)OCC(CN1CCCCCC1)O2. The first-order valence-corrected chi connectivity index (χ1v) is 8.71. The topological polar surface area (TPSA) is 21.7 Å². The van der Waals surface area contributed by atoms with Gasteiger partial charge < -0.3 is 14.4 Å². The van der Waals surface area contributed by atoms with Crippen molar-refractivity contribution in [2.75, 3.05) is 26.2 Å². The quantitative estimate of drug-likeness (QED) is 0.774. The zero-order chi connectivity index (χ0) is 14.0. The van der Waals surface area contributed by atoms with Crippen LogP contribution in [0.3, 0.4) is 0 Å². The van der Waals surface area contributed by atoms with E-state index in [0.717, 1.165) is 37.8 Å². The minimum Gasteiger partial charge on any atom is -0.347 e. The molecule has 1 aliphatic carbocycles. The van der Waals surface area contributed by atoms with E-state index in [4.69, 9.17) is 9.47 Å². The van der Waals surface area contributed by atoms with Crippen molar-refractivity contribution >= 4 is 0 Å². The molecule has 3 rings (SSSR count). The molecule has 1 saturated carbocycles. The Hall–Kier alpha value is -0.120. The average Bonchev–Trinajstić information content (AvgIpc) is 2.63. The molecule has 0 aromatic carbocycles. The van der Waals surface area contributed by atoms with Crippen LogP contribution in [0.2, 0.25) is 0 Å². The molecule has 0 amide bonds. The van der Waals surface area contributed by atoms with E-state index in [-0.39, 0.29) is 5.79 Å². The van der Waals surface area contributed by atoms with Crippen LogP contribution < -0.4 is 0 Å². The Morgan fingerprint density at radius 3 is 2.50 bits per heavy atom. The summed E-state index contributed by atoms with van der Waals surface area (Å²) in [7, 11) is 0. The third-order valence-electron chi connectivity index (χ3n) is 5.66. The van der Waals surface area contributed by atoms with Gasteiger partial charge in [0.1, 0.15) is 0 Å². The Kier molecular flexibility index (Phi) is 4.68. The Labute approximate surface area is 124 Å². The molecule has 0 aromatic rings. The summed E-state index contributed by atoms with van der Waals surface area (Å²) in [6.45, 7) is 9.09. The fourth-order valence-electron chi connectivity index (χ4n) is 4.08. The Morgan fingerprint density at radius 1 is 1.05 bits per heavy atom. The molecule has 3 nitrogen and oxygen atoms in total. The highest BCUT2D eigenvalue weighted by Crippen LogP contribution is 2.42. The maximum Gasteiger partial charge on any atom is 0.169 e. The van der Waals surface area contributed by atoms with Crippen molar-refractivity contribution < 1.29 is 9.47 Å². The zero-order valence-electron chi connectivity index (χ0n) is 13.3. The minimum absolute atomic E-state index is 0.234. The van der Waals surface area contributed by atoms with Crippen LogP contribution in [0.15, 0.2) is 0 Å². The smallest absolute Gasteiger partial charge is 0.169 e. The fraction of sp³-hybridized carbons (Fsp3) is 1.00. The molecule has 3 fully saturated rings. The van der Waals surface area contributed by atoms with E-state index in [1.165, 1.54) is 45.2 Å². The van der Waals surface area contributed by atoms with E-state index in [2.05, 4.69) is 18.7 Å². The Bertz CT molecular complexity index is 314. The summed E-state index contributed by atoms with van der Waals surface area (Å²) in [6, 6.07) is 0. The van der Waals surface area contributed by atoms with Crippen molar-refractivity contribution in [2.24, 2.45) is 11.8 Å².